The molecule has 1 aromatic rings. The number of aliphatic hydroxyl groups excluding tert-OH is 1. The largest absolute Gasteiger partial charge is 0.394 e. The van der Waals surface area contributed by atoms with Crippen LogP contribution >= 0.6 is 0 Å². The van der Waals surface area contributed by atoms with Crippen LogP contribution in [0.25, 0.3) is 0 Å². The first-order valence-corrected chi connectivity index (χ1v) is 5.76. The topological polar surface area (TPSA) is 41.5 Å². The van der Waals surface area contributed by atoms with E-state index in [-0.39, 0.29) is 6.61 Å². The van der Waals surface area contributed by atoms with Crippen LogP contribution in [0.2, 0.25) is 0 Å². The molecule has 0 saturated heterocycles. The van der Waals surface area contributed by atoms with Crippen molar-refractivity contribution in [2.75, 3.05) is 31.7 Å². The Morgan fingerprint density at radius 1 is 1.19 bits per heavy atom. The molecule has 1 aromatic carbocycles. The van der Waals surface area contributed by atoms with Crippen molar-refractivity contribution in [3.8, 4) is 0 Å². The smallest absolute Gasteiger partial charge is 0.0698 e. The van der Waals surface area contributed by atoms with Crippen molar-refractivity contribution in [1.82, 2.24) is 0 Å². The van der Waals surface area contributed by atoms with Crippen molar-refractivity contribution in [2.45, 2.75) is 19.8 Å². The summed E-state index contributed by atoms with van der Waals surface area (Å²) in [6.45, 7) is 6.25. The molecule has 0 fully saturated rings. The number of anilines is 1. The zero-order chi connectivity index (χ0) is 11.8. The summed E-state index contributed by atoms with van der Waals surface area (Å²) in [6, 6.07) is 8.45. The summed E-state index contributed by atoms with van der Waals surface area (Å²) in [5, 5.41) is 11.8. The van der Waals surface area contributed by atoms with Crippen LogP contribution in [0.5, 0.6) is 0 Å². The predicted octanol–water partition coefficient (Wildman–Crippen LogP) is 2.23. The van der Waals surface area contributed by atoms with E-state index in [1.54, 1.807) is 0 Å². The fraction of sp³-hybridized carbons (Fsp3) is 0.538. The molecule has 0 aliphatic rings. The van der Waals surface area contributed by atoms with Gasteiger partial charge in [0.05, 0.1) is 19.8 Å². The molecule has 16 heavy (non-hydrogen) atoms. The van der Waals surface area contributed by atoms with Crippen LogP contribution in [-0.4, -0.2) is 31.5 Å². The van der Waals surface area contributed by atoms with Crippen molar-refractivity contribution in [2.24, 2.45) is 0 Å². The fourth-order valence-electron chi connectivity index (χ4n) is 1.42. The van der Waals surface area contributed by atoms with Gasteiger partial charge in [-0.2, -0.15) is 0 Å². The molecule has 0 heterocycles. The van der Waals surface area contributed by atoms with Gasteiger partial charge < -0.3 is 15.2 Å². The Hall–Kier alpha value is -1.06. The highest BCUT2D eigenvalue weighted by molar-refractivity contribution is 5.45. The predicted molar refractivity (Wildman–Crippen MR) is 66.9 cm³/mol. The maximum Gasteiger partial charge on any atom is 0.0698 e. The first-order chi connectivity index (χ1) is 7.74. The average molecular weight is 223 g/mol. The molecule has 0 aromatic heterocycles. The van der Waals surface area contributed by atoms with Gasteiger partial charge in [-0.15, -0.1) is 0 Å². The third-order valence-electron chi connectivity index (χ3n) is 2.39. The molecule has 0 amide bonds. The molecule has 1 rings (SSSR count). The van der Waals surface area contributed by atoms with Crippen molar-refractivity contribution in [1.29, 1.82) is 0 Å². The third kappa shape index (κ3) is 4.64. The summed E-state index contributed by atoms with van der Waals surface area (Å²) < 4.78 is 5.15. The number of benzene rings is 1. The number of hydrogen-bond acceptors (Lipinski definition) is 3. The Kier molecular flexibility index (Phi) is 5.90. The normalized spacial score (nSPS) is 10.8. The van der Waals surface area contributed by atoms with Gasteiger partial charge >= 0.3 is 0 Å². The van der Waals surface area contributed by atoms with E-state index in [1.165, 1.54) is 5.56 Å². The molecule has 0 saturated carbocycles. The summed E-state index contributed by atoms with van der Waals surface area (Å²) >= 11 is 0. The Morgan fingerprint density at radius 2 is 1.88 bits per heavy atom. The van der Waals surface area contributed by atoms with Gasteiger partial charge in [-0.3, -0.25) is 0 Å². The van der Waals surface area contributed by atoms with Gasteiger partial charge in [-0.1, -0.05) is 26.0 Å². The first kappa shape index (κ1) is 13.0. The number of aliphatic hydroxyl groups is 1. The highest BCUT2D eigenvalue weighted by Crippen LogP contribution is 2.16. The van der Waals surface area contributed by atoms with Gasteiger partial charge in [-0.25, -0.2) is 0 Å². The van der Waals surface area contributed by atoms with Gasteiger partial charge in [-0.05, 0) is 23.6 Å². The summed E-state index contributed by atoms with van der Waals surface area (Å²) in [5.74, 6) is 0.571. The Bertz CT molecular complexity index is 282. The lowest BCUT2D eigenvalue weighted by Crippen LogP contribution is -2.11. The molecular weight excluding hydrogens is 202 g/mol. The molecule has 0 bridgehead atoms. The van der Waals surface area contributed by atoms with Gasteiger partial charge in [0.15, 0.2) is 0 Å². The molecule has 3 nitrogen and oxygen atoms in total. The maximum absolute atomic E-state index is 8.52. The lowest BCUT2D eigenvalue weighted by molar-refractivity contribution is 0.0992. The van der Waals surface area contributed by atoms with E-state index >= 15 is 0 Å². The van der Waals surface area contributed by atoms with Crippen molar-refractivity contribution < 1.29 is 9.84 Å². The van der Waals surface area contributed by atoms with Gasteiger partial charge in [0, 0.05) is 12.2 Å². The zero-order valence-electron chi connectivity index (χ0n) is 10.1. The Morgan fingerprint density at radius 3 is 2.44 bits per heavy atom. The average Bonchev–Trinajstić information content (AvgIpc) is 2.29. The third-order valence-corrected chi connectivity index (χ3v) is 2.39. The molecule has 2 N–H and O–H groups in total. The van der Waals surface area contributed by atoms with Crippen LogP contribution in [0.4, 0.5) is 5.69 Å². The minimum Gasteiger partial charge on any atom is -0.394 e. The molecule has 3 heteroatoms. The SMILES string of the molecule is CC(C)c1ccc(NCCOCCO)cc1. The van der Waals surface area contributed by atoms with E-state index in [4.69, 9.17) is 9.84 Å². The second kappa shape index (κ2) is 7.25. The van der Waals surface area contributed by atoms with Crippen LogP contribution in [-0.2, 0) is 4.74 Å². The van der Waals surface area contributed by atoms with E-state index in [9.17, 15) is 0 Å². The van der Waals surface area contributed by atoms with Crippen molar-refractivity contribution >= 4 is 5.69 Å². The van der Waals surface area contributed by atoms with E-state index in [0.717, 1.165) is 12.2 Å². The van der Waals surface area contributed by atoms with Crippen LogP contribution < -0.4 is 5.32 Å². The van der Waals surface area contributed by atoms with Crippen molar-refractivity contribution in [3.05, 3.63) is 29.8 Å². The number of ether oxygens (including phenoxy) is 1. The minimum atomic E-state index is 0.0864. The van der Waals surface area contributed by atoms with Crippen LogP contribution in [0.1, 0.15) is 25.3 Å². The highest BCUT2D eigenvalue weighted by atomic mass is 16.5. The summed E-state index contributed by atoms with van der Waals surface area (Å²) in [7, 11) is 0. The number of nitrogens with one attached hydrogen (secondary N) is 1. The quantitative estimate of drug-likeness (QED) is 0.696. The molecule has 0 aliphatic heterocycles. The second-order valence-corrected chi connectivity index (χ2v) is 4.04. The Balaban J connectivity index is 2.27. The molecule has 0 aliphatic carbocycles. The molecule has 0 unspecified atom stereocenters. The lowest BCUT2D eigenvalue weighted by atomic mass is 10.0. The maximum atomic E-state index is 8.52. The second-order valence-electron chi connectivity index (χ2n) is 4.04. The lowest BCUT2D eigenvalue weighted by Gasteiger charge is -2.09. The van der Waals surface area contributed by atoms with Gasteiger partial charge in [0.2, 0.25) is 0 Å². The van der Waals surface area contributed by atoms with Crippen LogP contribution in [0.15, 0.2) is 24.3 Å². The minimum absolute atomic E-state index is 0.0864. The number of rotatable bonds is 7. The first-order valence-electron chi connectivity index (χ1n) is 5.76. The van der Waals surface area contributed by atoms with Gasteiger partial charge in [0.1, 0.15) is 0 Å². The monoisotopic (exact) mass is 223 g/mol. The molecular formula is C13H21NO2. The highest BCUT2D eigenvalue weighted by Gasteiger charge is 1.98. The van der Waals surface area contributed by atoms with Gasteiger partial charge in [0.25, 0.3) is 0 Å². The van der Waals surface area contributed by atoms with Crippen molar-refractivity contribution in [3.63, 3.8) is 0 Å². The summed E-state index contributed by atoms with van der Waals surface area (Å²) in [6.07, 6.45) is 0. The molecule has 90 valence electrons. The molecule has 0 atom stereocenters. The standard InChI is InChI=1S/C13H21NO2/c1-11(2)12-3-5-13(6-4-12)14-7-9-16-10-8-15/h3-6,11,14-15H,7-10H2,1-2H3. The molecule has 0 spiro atoms. The number of hydrogen-bond donors (Lipinski definition) is 2. The van der Waals surface area contributed by atoms with E-state index < -0.39 is 0 Å². The fourth-order valence-corrected chi connectivity index (χ4v) is 1.42. The summed E-state index contributed by atoms with van der Waals surface area (Å²) in [5.41, 5.74) is 2.46. The molecule has 0 radical (unpaired) electrons. The Labute approximate surface area is 97.4 Å². The zero-order valence-corrected chi connectivity index (χ0v) is 10.1. The van der Waals surface area contributed by atoms with E-state index in [0.29, 0.717) is 19.1 Å². The van der Waals surface area contributed by atoms with E-state index in [2.05, 4.69) is 43.4 Å². The summed E-state index contributed by atoms with van der Waals surface area (Å²) in [4.78, 5) is 0. The van der Waals surface area contributed by atoms with E-state index in [1.807, 2.05) is 0 Å². The van der Waals surface area contributed by atoms with Crippen LogP contribution in [0.3, 0.4) is 0 Å². The van der Waals surface area contributed by atoms with Crippen LogP contribution in [0, 0.1) is 0 Å².